The zero-order valence-corrected chi connectivity index (χ0v) is 11.5. The van der Waals surface area contributed by atoms with Crippen molar-refractivity contribution >= 4 is 11.9 Å². The van der Waals surface area contributed by atoms with E-state index in [1.165, 1.54) is 14.2 Å². The molecule has 1 fully saturated rings. The lowest BCUT2D eigenvalue weighted by Gasteiger charge is -2.23. The molecule has 0 saturated carbocycles. The normalized spacial score (nSPS) is 22.7. The number of hydrogen-bond acceptors (Lipinski definition) is 6. The lowest BCUT2D eigenvalue weighted by molar-refractivity contribution is -0.153. The van der Waals surface area contributed by atoms with Crippen molar-refractivity contribution in [1.82, 2.24) is 10.0 Å². The smallest absolute Gasteiger partial charge is 0.313 e. The molecular weight excluding hydrogens is 264 g/mol. The molecule has 1 aliphatic rings. The number of esters is 2. The molecule has 1 aliphatic heterocycles. The van der Waals surface area contributed by atoms with E-state index in [1.54, 1.807) is 11.3 Å². The van der Waals surface area contributed by atoms with Crippen LogP contribution in [0.5, 0.6) is 0 Å². The van der Waals surface area contributed by atoms with Crippen LogP contribution in [0, 0.1) is 5.92 Å². The van der Waals surface area contributed by atoms with Crippen molar-refractivity contribution in [2.75, 3.05) is 27.4 Å². The summed E-state index contributed by atoms with van der Waals surface area (Å²) < 4.78 is 9.42. The molecule has 7 heteroatoms. The lowest BCUT2D eigenvalue weighted by Crippen LogP contribution is -2.30. The summed E-state index contributed by atoms with van der Waals surface area (Å²) in [6, 6.07) is 3.43. The third-order valence-corrected chi connectivity index (χ3v) is 3.32. The number of ether oxygens (including phenoxy) is 2. The second kappa shape index (κ2) is 6.53. The Bertz CT molecular complexity index is 459. The SMILES string of the molecule is COC(=O)CCN1OC[C@H](C(=O)OC)[C@@H]1c1ccc[nH]1. The highest BCUT2D eigenvalue weighted by Crippen LogP contribution is 2.35. The minimum atomic E-state index is -0.420. The number of carbonyl (C=O) groups excluding carboxylic acids is 2. The average Bonchev–Trinajstić information content (AvgIpc) is 3.12. The van der Waals surface area contributed by atoms with Gasteiger partial charge in [-0.3, -0.25) is 14.4 Å². The van der Waals surface area contributed by atoms with Gasteiger partial charge >= 0.3 is 11.9 Å². The summed E-state index contributed by atoms with van der Waals surface area (Å²) in [6.45, 7) is 0.585. The molecule has 0 radical (unpaired) electrons. The van der Waals surface area contributed by atoms with Crippen LogP contribution in [0.2, 0.25) is 0 Å². The van der Waals surface area contributed by atoms with Gasteiger partial charge in [-0.15, -0.1) is 0 Å². The molecule has 20 heavy (non-hydrogen) atoms. The largest absolute Gasteiger partial charge is 0.469 e. The van der Waals surface area contributed by atoms with Gasteiger partial charge < -0.3 is 14.5 Å². The van der Waals surface area contributed by atoms with Gasteiger partial charge in [0.1, 0.15) is 5.92 Å². The molecule has 110 valence electrons. The monoisotopic (exact) mass is 282 g/mol. The first-order valence-corrected chi connectivity index (χ1v) is 6.35. The van der Waals surface area contributed by atoms with Crippen LogP contribution in [0.15, 0.2) is 18.3 Å². The number of nitrogens with one attached hydrogen (secondary N) is 1. The Labute approximate surface area is 116 Å². The zero-order valence-electron chi connectivity index (χ0n) is 11.5. The molecule has 1 aromatic rings. The summed E-state index contributed by atoms with van der Waals surface area (Å²) in [5, 5.41) is 1.63. The Hall–Kier alpha value is -1.86. The van der Waals surface area contributed by atoms with E-state index < -0.39 is 5.92 Å². The molecule has 1 N–H and O–H groups in total. The molecule has 0 unspecified atom stereocenters. The third-order valence-electron chi connectivity index (χ3n) is 3.32. The number of rotatable bonds is 5. The lowest BCUT2D eigenvalue weighted by atomic mass is 9.98. The number of hydroxylamine groups is 2. The van der Waals surface area contributed by atoms with Crippen LogP contribution in [-0.2, 0) is 23.9 Å². The van der Waals surface area contributed by atoms with Crippen LogP contribution in [-0.4, -0.2) is 49.4 Å². The maximum Gasteiger partial charge on any atom is 0.313 e. The van der Waals surface area contributed by atoms with Gasteiger partial charge in [-0.25, -0.2) is 0 Å². The molecule has 0 amide bonds. The Kier molecular flexibility index (Phi) is 4.75. The molecule has 1 saturated heterocycles. The van der Waals surface area contributed by atoms with Crippen molar-refractivity contribution in [3.05, 3.63) is 24.0 Å². The average molecular weight is 282 g/mol. The van der Waals surface area contributed by atoms with E-state index in [2.05, 4.69) is 9.72 Å². The van der Waals surface area contributed by atoms with E-state index in [0.717, 1.165) is 5.69 Å². The fraction of sp³-hybridized carbons (Fsp3) is 0.538. The van der Waals surface area contributed by atoms with Crippen molar-refractivity contribution in [1.29, 1.82) is 0 Å². The van der Waals surface area contributed by atoms with Gasteiger partial charge in [0.25, 0.3) is 0 Å². The minimum absolute atomic E-state index is 0.196. The third kappa shape index (κ3) is 3.00. The molecule has 0 spiro atoms. The first-order valence-electron chi connectivity index (χ1n) is 6.35. The number of methoxy groups -OCH3 is 2. The highest BCUT2D eigenvalue weighted by atomic mass is 16.7. The molecule has 2 atom stereocenters. The van der Waals surface area contributed by atoms with Gasteiger partial charge in [0.15, 0.2) is 0 Å². The summed E-state index contributed by atoms with van der Waals surface area (Å²) in [4.78, 5) is 31.7. The Morgan fingerprint density at radius 1 is 1.45 bits per heavy atom. The maximum atomic E-state index is 11.8. The predicted molar refractivity (Wildman–Crippen MR) is 68.3 cm³/mol. The van der Waals surface area contributed by atoms with E-state index in [-0.39, 0.29) is 31.0 Å². The van der Waals surface area contributed by atoms with Crippen LogP contribution >= 0.6 is 0 Å². The molecule has 1 aromatic heterocycles. The van der Waals surface area contributed by atoms with Crippen molar-refractivity contribution < 1.29 is 23.9 Å². The number of carbonyl (C=O) groups is 2. The topological polar surface area (TPSA) is 80.9 Å². The Morgan fingerprint density at radius 2 is 2.25 bits per heavy atom. The van der Waals surface area contributed by atoms with Crippen molar-refractivity contribution in [2.45, 2.75) is 12.5 Å². The number of aromatic nitrogens is 1. The van der Waals surface area contributed by atoms with Gasteiger partial charge in [0.2, 0.25) is 0 Å². The second-order valence-corrected chi connectivity index (χ2v) is 4.46. The Balaban J connectivity index is 2.11. The van der Waals surface area contributed by atoms with Crippen LogP contribution in [0.25, 0.3) is 0 Å². The number of nitrogens with zero attached hydrogens (tertiary/aromatic N) is 1. The molecule has 0 bridgehead atoms. The zero-order chi connectivity index (χ0) is 14.5. The fourth-order valence-electron chi connectivity index (χ4n) is 2.30. The summed E-state index contributed by atoms with van der Waals surface area (Å²) in [5.74, 6) is -1.07. The Morgan fingerprint density at radius 3 is 2.85 bits per heavy atom. The van der Waals surface area contributed by atoms with E-state index in [9.17, 15) is 9.59 Å². The summed E-state index contributed by atoms with van der Waals surface area (Å²) in [6.07, 6.45) is 1.97. The number of hydrogen-bond donors (Lipinski definition) is 1. The van der Waals surface area contributed by atoms with Crippen LogP contribution < -0.4 is 0 Å². The summed E-state index contributed by atoms with van der Waals surface area (Å²) in [7, 11) is 2.69. The van der Waals surface area contributed by atoms with Crippen LogP contribution in [0.3, 0.4) is 0 Å². The highest BCUT2D eigenvalue weighted by molar-refractivity contribution is 5.74. The van der Waals surface area contributed by atoms with Crippen LogP contribution in [0.4, 0.5) is 0 Å². The highest BCUT2D eigenvalue weighted by Gasteiger charge is 2.42. The first-order chi connectivity index (χ1) is 9.67. The fourth-order valence-corrected chi connectivity index (χ4v) is 2.30. The summed E-state index contributed by atoms with van der Waals surface area (Å²) >= 11 is 0. The van der Waals surface area contributed by atoms with E-state index in [0.29, 0.717) is 6.54 Å². The summed E-state index contributed by atoms with van der Waals surface area (Å²) in [5.41, 5.74) is 0.850. The van der Waals surface area contributed by atoms with Gasteiger partial charge in [0, 0.05) is 18.4 Å². The van der Waals surface area contributed by atoms with Crippen LogP contribution in [0.1, 0.15) is 18.2 Å². The minimum Gasteiger partial charge on any atom is -0.469 e. The van der Waals surface area contributed by atoms with Crippen molar-refractivity contribution in [2.24, 2.45) is 5.92 Å². The molecule has 0 aliphatic carbocycles. The van der Waals surface area contributed by atoms with Gasteiger partial charge in [-0.1, -0.05) is 0 Å². The van der Waals surface area contributed by atoms with E-state index in [1.807, 2.05) is 12.1 Å². The van der Waals surface area contributed by atoms with E-state index >= 15 is 0 Å². The molecule has 2 rings (SSSR count). The maximum absolute atomic E-state index is 11.8. The van der Waals surface area contributed by atoms with E-state index in [4.69, 9.17) is 9.57 Å². The number of aromatic amines is 1. The molecule has 0 aromatic carbocycles. The standard InChI is InChI=1S/C13H18N2O5/c1-18-11(16)5-7-15-12(10-4-3-6-14-10)9(8-20-15)13(17)19-2/h3-4,6,9,12,14H,5,7-8H2,1-2H3/t9-,12+/m0/s1. The molecule has 2 heterocycles. The second-order valence-electron chi connectivity index (χ2n) is 4.46. The van der Waals surface area contributed by atoms with Crippen molar-refractivity contribution in [3.8, 4) is 0 Å². The van der Waals surface area contributed by atoms with Gasteiger partial charge in [-0.2, -0.15) is 5.06 Å². The first kappa shape index (κ1) is 14.5. The van der Waals surface area contributed by atoms with Gasteiger partial charge in [0.05, 0.1) is 33.3 Å². The predicted octanol–water partition coefficient (Wildman–Crippen LogP) is 0.655. The molecule has 7 nitrogen and oxygen atoms in total. The number of H-pyrrole nitrogens is 1. The molecular formula is C13H18N2O5. The van der Waals surface area contributed by atoms with Crippen molar-refractivity contribution in [3.63, 3.8) is 0 Å². The van der Waals surface area contributed by atoms with Gasteiger partial charge in [-0.05, 0) is 12.1 Å². The quantitative estimate of drug-likeness (QED) is 0.799.